The number of hydrogen-bond donors (Lipinski definition) is 4. The number of benzene rings is 2. The second-order valence-corrected chi connectivity index (χ2v) is 8.35. The number of anilines is 1. The third-order valence-electron chi connectivity index (χ3n) is 5.67. The minimum Gasteiger partial charge on any atom is -0.493 e. The van der Waals surface area contributed by atoms with Gasteiger partial charge in [0.15, 0.2) is 0 Å². The molecule has 1 atom stereocenters. The number of nitrogens with zero attached hydrogens (tertiary/aromatic N) is 3. The van der Waals surface area contributed by atoms with Crippen LogP contribution >= 0.6 is 0 Å². The minimum atomic E-state index is -5.08. The Kier molecular flexibility index (Phi) is 7.46. The maximum Gasteiger partial charge on any atom is 0.490 e. The van der Waals surface area contributed by atoms with E-state index in [1.807, 2.05) is 43.3 Å². The number of carbonyl (C=O) groups is 2. The summed E-state index contributed by atoms with van der Waals surface area (Å²) in [6.07, 6.45) is -2.69. The summed E-state index contributed by atoms with van der Waals surface area (Å²) in [5.41, 5.74) is 10.9. The lowest BCUT2D eigenvalue weighted by Gasteiger charge is -2.24. The summed E-state index contributed by atoms with van der Waals surface area (Å²) >= 11 is 0. The number of aromatic amines is 1. The number of fused-ring (bicyclic) bond motifs is 2. The molecule has 0 saturated heterocycles. The van der Waals surface area contributed by atoms with Crippen molar-refractivity contribution in [1.29, 1.82) is 0 Å². The predicted octanol–water partition coefficient (Wildman–Crippen LogP) is 3.70. The lowest BCUT2D eigenvalue weighted by molar-refractivity contribution is -0.192. The van der Waals surface area contributed by atoms with Gasteiger partial charge in [0.05, 0.1) is 29.3 Å². The fraction of sp³-hybridized carbons (Fsp3) is 0.240. The van der Waals surface area contributed by atoms with Crippen molar-refractivity contribution in [2.75, 3.05) is 18.9 Å². The molecule has 0 spiro atoms. The Balaban J connectivity index is 0.000000426. The average molecular weight is 528 g/mol. The number of carboxylic acid groups (broad SMARTS) is 1. The smallest absolute Gasteiger partial charge is 0.490 e. The van der Waals surface area contributed by atoms with Gasteiger partial charge in [0.2, 0.25) is 5.95 Å². The molecule has 2 aromatic heterocycles. The van der Waals surface area contributed by atoms with Crippen LogP contribution in [-0.2, 0) is 11.2 Å². The summed E-state index contributed by atoms with van der Waals surface area (Å²) in [6, 6.07) is 13.4. The number of aromatic nitrogens is 4. The number of nitrogens with two attached hydrogens (primary N) is 1. The molecule has 0 aliphatic carbocycles. The van der Waals surface area contributed by atoms with Gasteiger partial charge in [-0.15, -0.1) is 0 Å². The zero-order chi connectivity index (χ0) is 27.4. The Morgan fingerprint density at radius 1 is 1.18 bits per heavy atom. The number of H-pyrrole nitrogens is 1. The topological polar surface area (TPSA) is 156 Å². The largest absolute Gasteiger partial charge is 0.493 e. The van der Waals surface area contributed by atoms with E-state index in [9.17, 15) is 18.0 Å². The van der Waals surface area contributed by atoms with Crippen molar-refractivity contribution in [2.45, 2.75) is 25.4 Å². The molecule has 2 aromatic carbocycles. The van der Waals surface area contributed by atoms with Crippen LogP contribution in [0, 0.1) is 0 Å². The van der Waals surface area contributed by atoms with Gasteiger partial charge in [-0.05, 0) is 55.3 Å². The van der Waals surface area contributed by atoms with Crippen molar-refractivity contribution in [1.82, 2.24) is 25.3 Å². The number of nitrogens with one attached hydrogen (secondary N) is 2. The number of carbonyl (C=O) groups excluding carboxylic acids is 1. The molecule has 1 aliphatic heterocycles. The number of amides is 1. The average Bonchev–Trinajstić information content (AvgIpc) is 3.31. The third kappa shape index (κ3) is 5.99. The highest BCUT2D eigenvalue weighted by Crippen LogP contribution is 2.33. The zero-order valence-electron chi connectivity index (χ0n) is 20.0. The van der Waals surface area contributed by atoms with Gasteiger partial charge >= 0.3 is 12.1 Å². The molecule has 1 unspecified atom stereocenters. The molecular formula is C25H23F3N6O4. The summed E-state index contributed by atoms with van der Waals surface area (Å²) in [6.45, 7) is 3.03. The third-order valence-corrected chi connectivity index (χ3v) is 5.67. The molecule has 0 fully saturated rings. The highest BCUT2D eigenvalue weighted by Gasteiger charge is 2.38. The molecular weight excluding hydrogens is 505 g/mol. The van der Waals surface area contributed by atoms with Gasteiger partial charge in [0.25, 0.3) is 5.91 Å². The fourth-order valence-corrected chi connectivity index (χ4v) is 3.89. The first kappa shape index (κ1) is 26.4. The molecule has 38 heavy (non-hydrogen) atoms. The van der Waals surface area contributed by atoms with E-state index in [-0.39, 0.29) is 17.8 Å². The quantitative estimate of drug-likeness (QED) is 0.312. The monoisotopic (exact) mass is 528 g/mol. The SMILES string of the molecule is CCNC(=O)c1ccc2c(c1)CC(c1nc3ccc(-c4ccnc(N)n4)cc3[nH]1)CO2.O=C(O)C(F)(F)F. The molecule has 3 heterocycles. The van der Waals surface area contributed by atoms with Gasteiger partial charge in [-0.25, -0.2) is 19.7 Å². The number of nitrogen functional groups attached to an aromatic ring is 1. The summed E-state index contributed by atoms with van der Waals surface area (Å²) in [4.78, 5) is 37.5. The van der Waals surface area contributed by atoms with Crippen LogP contribution in [0.3, 0.4) is 0 Å². The number of hydrogen-bond acceptors (Lipinski definition) is 7. The standard InChI is InChI=1S/C23H22N6O2.C2HF3O2/c1-2-25-22(30)14-4-6-20-15(9-14)10-16(12-31-20)21-27-18-5-3-13(11-19(18)28-21)17-7-8-26-23(24)29-17;3-2(4,5)1(6)7/h3-9,11,16H,2,10,12H2,1H3,(H,25,30)(H,27,28)(H2,24,26,29);(H,6,7). The van der Waals surface area contributed by atoms with Gasteiger partial charge in [0.1, 0.15) is 11.6 Å². The molecule has 1 aliphatic rings. The van der Waals surface area contributed by atoms with Gasteiger partial charge in [-0.2, -0.15) is 13.2 Å². The van der Waals surface area contributed by atoms with Crippen LogP contribution in [0.25, 0.3) is 22.3 Å². The lowest BCUT2D eigenvalue weighted by atomic mass is 9.94. The number of ether oxygens (including phenoxy) is 1. The number of carboxylic acids is 1. The Bertz CT molecular complexity index is 1490. The first-order chi connectivity index (χ1) is 18.0. The molecule has 198 valence electrons. The number of imidazole rings is 1. The molecule has 0 saturated carbocycles. The van der Waals surface area contributed by atoms with Gasteiger partial charge in [0, 0.05) is 23.9 Å². The second kappa shape index (κ2) is 10.7. The Labute approximate surface area is 214 Å². The van der Waals surface area contributed by atoms with E-state index in [1.165, 1.54) is 0 Å². The lowest BCUT2D eigenvalue weighted by Crippen LogP contribution is -2.24. The summed E-state index contributed by atoms with van der Waals surface area (Å²) in [7, 11) is 0. The second-order valence-electron chi connectivity index (χ2n) is 8.35. The van der Waals surface area contributed by atoms with E-state index in [0.29, 0.717) is 18.7 Å². The molecule has 1 amide bonds. The zero-order valence-corrected chi connectivity index (χ0v) is 20.0. The Hall–Kier alpha value is -4.68. The fourth-order valence-electron chi connectivity index (χ4n) is 3.89. The molecule has 5 N–H and O–H groups in total. The van der Waals surface area contributed by atoms with E-state index in [0.717, 1.165) is 45.8 Å². The van der Waals surface area contributed by atoms with Crippen molar-refractivity contribution in [2.24, 2.45) is 0 Å². The molecule has 4 aromatic rings. The highest BCUT2D eigenvalue weighted by molar-refractivity contribution is 5.94. The summed E-state index contributed by atoms with van der Waals surface area (Å²) in [5, 5.41) is 9.96. The number of rotatable bonds is 4. The normalized spacial score (nSPS) is 14.6. The number of aliphatic carboxylic acids is 1. The molecule has 13 heteroatoms. The van der Waals surface area contributed by atoms with Gasteiger partial charge in [-0.3, -0.25) is 4.79 Å². The van der Waals surface area contributed by atoms with Crippen LogP contribution < -0.4 is 15.8 Å². The van der Waals surface area contributed by atoms with Gasteiger partial charge < -0.3 is 25.9 Å². The van der Waals surface area contributed by atoms with Crippen molar-refractivity contribution < 1.29 is 32.6 Å². The number of alkyl halides is 3. The van der Waals surface area contributed by atoms with Crippen molar-refractivity contribution in [3.05, 3.63) is 65.6 Å². The van der Waals surface area contributed by atoms with Crippen LogP contribution in [0.4, 0.5) is 19.1 Å². The van der Waals surface area contributed by atoms with Crippen LogP contribution in [0.1, 0.15) is 34.6 Å². The van der Waals surface area contributed by atoms with Crippen LogP contribution in [0.5, 0.6) is 5.75 Å². The Morgan fingerprint density at radius 2 is 1.95 bits per heavy atom. The Morgan fingerprint density at radius 3 is 2.63 bits per heavy atom. The van der Waals surface area contributed by atoms with Crippen molar-refractivity contribution in [3.63, 3.8) is 0 Å². The molecule has 5 rings (SSSR count). The minimum absolute atomic E-state index is 0.0718. The van der Waals surface area contributed by atoms with E-state index in [2.05, 4.69) is 20.3 Å². The van der Waals surface area contributed by atoms with Crippen molar-refractivity contribution in [3.8, 4) is 17.0 Å². The maximum absolute atomic E-state index is 12.2. The van der Waals surface area contributed by atoms with Crippen molar-refractivity contribution >= 4 is 28.9 Å². The first-order valence-corrected chi connectivity index (χ1v) is 11.5. The van der Waals surface area contributed by atoms with Crippen LogP contribution in [0.15, 0.2) is 48.7 Å². The van der Waals surface area contributed by atoms with Gasteiger partial charge in [-0.1, -0.05) is 6.07 Å². The van der Waals surface area contributed by atoms with Crippen LogP contribution in [-0.4, -0.2) is 56.2 Å². The maximum atomic E-state index is 12.2. The predicted molar refractivity (Wildman–Crippen MR) is 132 cm³/mol. The molecule has 0 bridgehead atoms. The van der Waals surface area contributed by atoms with E-state index < -0.39 is 12.1 Å². The van der Waals surface area contributed by atoms with Crippen LogP contribution in [0.2, 0.25) is 0 Å². The molecule has 0 radical (unpaired) electrons. The highest BCUT2D eigenvalue weighted by atomic mass is 19.4. The van der Waals surface area contributed by atoms with E-state index in [4.69, 9.17) is 25.4 Å². The van der Waals surface area contributed by atoms with E-state index >= 15 is 0 Å². The summed E-state index contributed by atoms with van der Waals surface area (Å²) in [5.74, 6) is -0.829. The molecule has 10 nitrogen and oxygen atoms in total. The first-order valence-electron chi connectivity index (χ1n) is 11.5. The number of halogens is 3. The summed E-state index contributed by atoms with van der Waals surface area (Å²) < 4.78 is 37.7. The van der Waals surface area contributed by atoms with E-state index in [1.54, 1.807) is 12.3 Å².